The van der Waals surface area contributed by atoms with Crippen molar-refractivity contribution in [1.82, 2.24) is 5.32 Å². The average Bonchev–Trinajstić information content (AvgIpc) is 2.48. The largest absolute Gasteiger partial charge is 0.504 e. The van der Waals surface area contributed by atoms with Gasteiger partial charge in [-0.2, -0.15) is 0 Å². The number of carboxylic acid groups (broad SMARTS) is 1. The minimum Gasteiger partial charge on any atom is -0.504 e. The van der Waals surface area contributed by atoms with E-state index < -0.39 is 28.8 Å². The van der Waals surface area contributed by atoms with Crippen LogP contribution in [0, 0.1) is 5.41 Å². The molecule has 0 spiro atoms. The number of amides is 1. The Morgan fingerprint density at radius 2 is 1.90 bits per heavy atom. The zero-order valence-electron chi connectivity index (χ0n) is 11.3. The van der Waals surface area contributed by atoms with Gasteiger partial charge in [-0.15, -0.1) is 0 Å². The van der Waals surface area contributed by atoms with Crippen LogP contribution >= 0.6 is 0 Å². The molecule has 114 valence electrons. The van der Waals surface area contributed by atoms with Crippen molar-refractivity contribution >= 4 is 11.9 Å². The van der Waals surface area contributed by atoms with E-state index in [2.05, 4.69) is 5.32 Å². The van der Waals surface area contributed by atoms with E-state index in [9.17, 15) is 24.9 Å². The Morgan fingerprint density at radius 1 is 1.24 bits per heavy atom. The van der Waals surface area contributed by atoms with Crippen LogP contribution in [0.1, 0.15) is 23.2 Å². The van der Waals surface area contributed by atoms with E-state index in [1.54, 1.807) is 0 Å². The maximum absolute atomic E-state index is 12.0. The molecule has 0 bridgehead atoms. The zero-order valence-corrected chi connectivity index (χ0v) is 11.3. The molecule has 0 radical (unpaired) electrons. The summed E-state index contributed by atoms with van der Waals surface area (Å²) in [6, 6.07) is 4.02. The van der Waals surface area contributed by atoms with Crippen LogP contribution in [-0.4, -0.2) is 47.0 Å². The number of aliphatic carboxylic acids is 1. The highest BCUT2D eigenvalue weighted by Crippen LogP contribution is 2.31. The van der Waals surface area contributed by atoms with Gasteiger partial charge in [0.2, 0.25) is 0 Å². The molecule has 1 aromatic carbocycles. The molecule has 0 saturated carbocycles. The van der Waals surface area contributed by atoms with Gasteiger partial charge in [0.15, 0.2) is 11.5 Å². The number of carboxylic acids is 1. The molecule has 21 heavy (non-hydrogen) atoms. The van der Waals surface area contributed by atoms with Crippen molar-refractivity contribution < 1.29 is 29.6 Å². The molecule has 7 heteroatoms. The van der Waals surface area contributed by atoms with E-state index in [1.807, 2.05) is 0 Å². The van der Waals surface area contributed by atoms with Crippen LogP contribution in [0.15, 0.2) is 18.2 Å². The molecule has 1 aromatic rings. The number of para-hydroxylation sites is 1. The molecule has 0 aromatic heterocycles. The number of phenolic OH excluding ortho intramolecular Hbond substituents is 2. The van der Waals surface area contributed by atoms with Crippen molar-refractivity contribution in [3.63, 3.8) is 0 Å². The lowest BCUT2D eigenvalue weighted by atomic mass is 9.80. The SMILES string of the molecule is O=C(NCC1(C(=O)O)CCOCC1)c1cccc(O)c1O. The molecule has 0 atom stereocenters. The molecular formula is C14H17NO6. The lowest BCUT2D eigenvalue weighted by molar-refractivity contribution is -0.154. The van der Waals surface area contributed by atoms with Gasteiger partial charge in [0.1, 0.15) is 0 Å². The highest BCUT2D eigenvalue weighted by molar-refractivity contribution is 5.97. The third-order valence-electron chi connectivity index (χ3n) is 3.75. The van der Waals surface area contributed by atoms with Gasteiger partial charge in [0, 0.05) is 19.8 Å². The second-order valence-electron chi connectivity index (χ2n) is 5.05. The topological polar surface area (TPSA) is 116 Å². The molecule has 0 unspecified atom stereocenters. The van der Waals surface area contributed by atoms with E-state index in [0.717, 1.165) is 0 Å². The Labute approximate surface area is 121 Å². The first-order valence-corrected chi connectivity index (χ1v) is 6.56. The Morgan fingerprint density at radius 3 is 2.52 bits per heavy atom. The van der Waals surface area contributed by atoms with Gasteiger partial charge in [-0.25, -0.2) is 0 Å². The number of nitrogens with one attached hydrogen (secondary N) is 1. The highest BCUT2D eigenvalue weighted by atomic mass is 16.5. The smallest absolute Gasteiger partial charge is 0.311 e. The maximum atomic E-state index is 12.0. The summed E-state index contributed by atoms with van der Waals surface area (Å²) in [7, 11) is 0. The first-order chi connectivity index (χ1) is 9.96. The Bertz CT molecular complexity index is 550. The molecule has 2 rings (SSSR count). The lowest BCUT2D eigenvalue weighted by Crippen LogP contribution is -2.46. The van der Waals surface area contributed by atoms with Gasteiger partial charge in [-0.05, 0) is 25.0 Å². The van der Waals surface area contributed by atoms with Crippen molar-refractivity contribution in [2.75, 3.05) is 19.8 Å². The quantitative estimate of drug-likeness (QED) is 0.608. The van der Waals surface area contributed by atoms with Gasteiger partial charge in [0.25, 0.3) is 5.91 Å². The van der Waals surface area contributed by atoms with E-state index in [-0.39, 0.29) is 12.1 Å². The molecule has 1 saturated heterocycles. The third-order valence-corrected chi connectivity index (χ3v) is 3.75. The Hall–Kier alpha value is -2.28. The second-order valence-corrected chi connectivity index (χ2v) is 5.05. The Kier molecular flexibility index (Phi) is 4.32. The molecule has 1 amide bonds. The number of carbonyl (C=O) groups is 2. The molecular weight excluding hydrogens is 278 g/mol. The minimum absolute atomic E-state index is 0.0559. The lowest BCUT2D eigenvalue weighted by Gasteiger charge is -2.33. The molecule has 7 nitrogen and oxygen atoms in total. The standard InChI is InChI=1S/C14H17NO6/c16-10-3-1-2-9(11(10)17)12(18)15-8-14(13(19)20)4-6-21-7-5-14/h1-3,16-17H,4-8H2,(H,15,18)(H,19,20). The summed E-state index contributed by atoms with van der Waals surface area (Å²) in [5.74, 6) is -2.53. The summed E-state index contributed by atoms with van der Waals surface area (Å²) in [6.45, 7) is 0.610. The van der Waals surface area contributed by atoms with Crippen molar-refractivity contribution in [2.24, 2.45) is 5.41 Å². The van der Waals surface area contributed by atoms with E-state index in [0.29, 0.717) is 26.1 Å². The van der Waals surface area contributed by atoms with Gasteiger partial charge >= 0.3 is 5.97 Å². The van der Waals surface area contributed by atoms with Crippen LogP contribution in [0.3, 0.4) is 0 Å². The van der Waals surface area contributed by atoms with Gasteiger partial charge < -0.3 is 25.4 Å². The predicted octanol–water partition coefficient (Wildman–Crippen LogP) is 0.709. The van der Waals surface area contributed by atoms with E-state index in [1.165, 1.54) is 18.2 Å². The van der Waals surface area contributed by atoms with Gasteiger partial charge in [-0.3, -0.25) is 9.59 Å². The van der Waals surface area contributed by atoms with Crippen molar-refractivity contribution in [3.05, 3.63) is 23.8 Å². The fourth-order valence-electron chi connectivity index (χ4n) is 2.29. The van der Waals surface area contributed by atoms with Crippen LogP contribution in [0.2, 0.25) is 0 Å². The third kappa shape index (κ3) is 3.08. The first kappa shape index (κ1) is 15.1. The van der Waals surface area contributed by atoms with Crippen LogP contribution < -0.4 is 5.32 Å². The highest BCUT2D eigenvalue weighted by Gasteiger charge is 2.40. The summed E-state index contributed by atoms with van der Waals surface area (Å²) in [5.41, 5.74) is -1.15. The van der Waals surface area contributed by atoms with Gasteiger partial charge in [0.05, 0.1) is 11.0 Å². The average molecular weight is 295 g/mol. The van der Waals surface area contributed by atoms with E-state index >= 15 is 0 Å². The molecule has 1 aliphatic rings. The maximum Gasteiger partial charge on any atom is 0.311 e. The number of hydrogen-bond acceptors (Lipinski definition) is 5. The number of benzene rings is 1. The van der Waals surface area contributed by atoms with Crippen LogP contribution in [-0.2, 0) is 9.53 Å². The first-order valence-electron chi connectivity index (χ1n) is 6.56. The predicted molar refractivity (Wildman–Crippen MR) is 72.2 cm³/mol. The van der Waals surface area contributed by atoms with Crippen LogP contribution in [0.5, 0.6) is 11.5 Å². The van der Waals surface area contributed by atoms with Gasteiger partial charge in [-0.1, -0.05) is 6.07 Å². The molecule has 1 heterocycles. The molecule has 0 aliphatic carbocycles. The number of carbonyl (C=O) groups excluding carboxylic acids is 1. The summed E-state index contributed by atoms with van der Waals surface area (Å²) in [4.78, 5) is 23.5. The summed E-state index contributed by atoms with van der Waals surface area (Å²) < 4.78 is 5.15. The second kappa shape index (κ2) is 6.01. The van der Waals surface area contributed by atoms with Crippen molar-refractivity contribution in [2.45, 2.75) is 12.8 Å². The number of phenols is 2. The van der Waals surface area contributed by atoms with Crippen LogP contribution in [0.25, 0.3) is 0 Å². The molecule has 1 fully saturated rings. The summed E-state index contributed by atoms with van der Waals surface area (Å²) in [6.07, 6.45) is 0.628. The minimum atomic E-state index is -1.06. The van der Waals surface area contributed by atoms with Crippen molar-refractivity contribution in [3.8, 4) is 11.5 Å². The zero-order chi connectivity index (χ0) is 15.5. The summed E-state index contributed by atoms with van der Waals surface area (Å²) >= 11 is 0. The molecule has 1 aliphatic heterocycles. The monoisotopic (exact) mass is 295 g/mol. The van der Waals surface area contributed by atoms with Crippen molar-refractivity contribution in [1.29, 1.82) is 0 Å². The fourth-order valence-corrected chi connectivity index (χ4v) is 2.29. The normalized spacial score (nSPS) is 17.1. The fraction of sp³-hybridized carbons (Fsp3) is 0.429. The number of ether oxygens (including phenoxy) is 1. The van der Waals surface area contributed by atoms with E-state index in [4.69, 9.17) is 4.74 Å². The molecule has 4 N–H and O–H groups in total. The number of rotatable bonds is 4. The summed E-state index contributed by atoms with van der Waals surface area (Å²) in [5, 5.41) is 30.9. The number of aromatic hydroxyl groups is 2. The Balaban J connectivity index is 2.09. The number of hydrogen-bond donors (Lipinski definition) is 4. The van der Waals surface area contributed by atoms with Crippen LogP contribution in [0.4, 0.5) is 0 Å².